The summed E-state index contributed by atoms with van der Waals surface area (Å²) in [4.78, 5) is 15.4. The van der Waals surface area contributed by atoms with Crippen LogP contribution in [0.15, 0.2) is 41.4 Å². The van der Waals surface area contributed by atoms with Gasteiger partial charge < -0.3 is 10.2 Å². The second kappa shape index (κ2) is 9.11. The number of carboxylic acid groups (broad SMARTS) is 1. The van der Waals surface area contributed by atoms with E-state index in [1.807, 2.05) is 43.3 Å². The first-order valence-corrected chi connectivity index (χ1v) is 9.68. The summed E-state index contributed by atoms with van der Waals surface area (Å²) in [5.41, 5.74) is 0.926. The van der Waals surface area contributed by atoms with E-state index in [2.05, 4.69) is 4.98 Å². The molecule has 1 aromatic heterocycles. The van der Waals surface area contributed by atoms with E-state index in [0.29, 0.717) is 11.9 Å². The molecule has 3 unspecified atom stereocenters. The quantitative estimate of drug-likeness (QED) is 0.520. The number of hydrogen-bond donors (Lipinski definition) is 2. The number of aliphatic hydroxyl groups is 1. The Kier molecular flexibility index (Phi) is 7.16. The lowest BCUT2D eigenvalue weighted by Gasteiger charge is -2.22. The van der Waals surface area contributed by atoms with Crippen LogP contribution in [0.5, 0.6) is 0 Å². The zero-order valence-electron chi connectivity index (χ0n) is 13.3. The first-order valence-electron chi connectivity index (χ1n) is 7.70. The van der Waals surface area contributed by atoms with E-state index in [9.17, 15) is 14.5 Å². The third-order valence-corrected chi connectivity index (χ3v) is 5.75. The van der Waals surface area contributed by atoms with Crippen LogP contribution in [-0.2, 0) is 9.36 Å². The molecule has 2 rings (SSSR count). The van der Waals surface area contributed by atoms with Gasteiger partial charge in [-0.3, -0.25) is 4.57 Å². The van der Waals surface area contributed by atoms with Crippen molar-refractivity contribution in [3.05, 3.63) is 36.4 Å². The second-order valence-corrected chi connectivity index (χ2v) is 7.46. The number of benzene rings is 1. The number of pyridine rings is 1. The Hall–Kier alpha value is -1.49. The van der Waals surface area contributed by atoms with Crippen LogP contribution in [-0.4, -0.2) is 39.2 Å². The normalized spacial score (nSPS) is 15.2. The molecule has 2 N–H and O–H groups in total. The van der Waals surface area contributed by atoms with Crippen molar-refractivity contribution >= 4 is 37.1 Å². The first kappa shape index (κ1) is 18.8. The van der Waals surface area contributed by atoms with Crippen LogP contribution in [0.1, 0.15) is 13.3 Å². The minimum absolute atomic E-state index is 0.0298. The minimum Gasteiger partial charge on any atom is -0.479 e. The maximum atomic E-state index is 11.0. The lowest BCUT2D eigenvalue weighted by molar-refractivity contribution is -0.147. The second-order valence-electron chi connectivity index (χ2n) is 5.79. The fourth-order valence-corrected chi connectivity index (χ4v) is 4.47. The van der Waals surface area contributed by atoms with E-state index in [4.69, 9.17) is 5.11 Å². The molecule has 7 heteroatoms. The smallest absolute Gasteiger partial charge is 0.332 e. The number of nitrogens with zero attached hydrogens (tertiary/aromatic N) is 1. The summed E-state index contributed by atoms with van der Waals surface area (Å²) in [6.07, 6.45) is -0.787. The highest BCUT2D eigenvalue weighted by atomic mass is 32.2. The number of para-hydroxylation sites is 1. The predicted molar refractivity (Wildman–Crippen MR) is 95.9 cm³/mol. The zero-order valence-corrected chi connectivity index (χ0v) is 15.0. The van der Waals surface area contributed by atoms with Crippen LogP contribution in [0.3, 0.4) is 0 Å². The summed E-state index contributed by atoms with van der Waals surface area (Å²) in [5.74, 6) is -0.556. The van der Waals surface area contributed by atoms with Gasteiger partial charge in [-0.2, -0.15) is 0 Å². The number of rotatable bonds is 9. The molecule has 0 saturated heterocycles. The van der Waals surface area contributed by atoms with Crippen LogP contribution in [0, 0.1) is 11.8 Å². The van der Waals surface area contributed by atoms with E-state index in [0.717, 1.165) is 15.9 Å². The first-order chi connectivity index (χ1) is 11.5. The molecule has 0 aliphatic heterocycles. The number of thioether (sulfide) groups is 1. The number of carboxylic acids is 1. The van der Waals surface area contributed by atoms with Crippen molar-refractivity contribution in [2.75, 3.05) is 11.9 Å². The van der Waals surface area contributed by atoms with Gasteiger partial charge in [0.1, 0.15) is 0 Å². The number of carbonyl (C=O) groups is 1. The molecule has 128 valence electrons. The number of aromatic nitrogens is 1. The van der Waals surface area contributed by atoms with Crippen LogP contribution < -0.4 is 0 Å². The number of aliphatic hydroxyl groups excluding tert-OH is 1. The van der Waals surface area contributed by atoms with Gasteiger partial charge in [0.05, 0.1) is 10.5 Å². The third kappa shape index (κ3) is 5.26. The Balaban J connectivity index is 2.01. The summed E-state index contributed by atoms with van der Waals surface area (Å²) >= 11 is 1.56. The van der Waals surface area contributed by atoms with Crippen LogP contribution in [0.4, 0.5) is 0 Å². The summed E-state index contributed by atoms with van der Waals surface area (Å²) in [5, 5.41) is 20.3. The molecule has 0 aliphatic carbocycles. The van der Waals surface area contributed by atoms with Gasteiger partial charge in [-0.25, -0.2) is 9.78 Å². The lowest BCUT2D eigenvalue weighted by Crippen LogP contribution is -2.27. The minimum atomic E-state index is -1.38. The molecule has 2 aromatic rings. The van der Waals surface area contributed by atoms with Crippen LogP contribution in [0.2, 0.25) is 0 Å². The molecule has 0 amide bonds. The van der Waals surface area contributed by atoms with E-state index in [1.54, 1.807) is 11.8 Å². The molecule has 3 atom stereocenters. The van der Waals surface area contributed by atoms with E-state index in [1.165, 1.54) is 0 Å². The van der Waals surface area contributed by atoms with Gasteiger partial charge in [-0.1, -0.05) is 31.2 Å². The Morgan fingerprint density at radius 1 is 1.29 bits per heavy atom. The fraction of sp³-hybridized carbons (Fsp3) is 0.412. The molecular formula is C17H20NO4PS. The fourth-order valence-electron chi connectivity index (χ4n) is 2.46. The number of fused-ring (bicyclic) bond motifs is 1. The molecule has 5 nitrogen and oxygen atoms in total. The van der Waals surface area contributed by atoms with Crippen LogP contribution >= 0.6 is 20.2 Å². The molecule has 24 heavy (non-hydrogen) atoms. The molecule has 0 saturated carbocycles. The van der Waals surface area contributed by atoms with Gasteiger partial charge in [-0.15, -0.1) is 11.8 Å². The SMILES string of the molecule is CC(CC(O)C(=O)O)C(CP=O)CSc1ccc2ccccc2n1. The number of hydrogen-bond acceptors (Lipinski definition) is 5. The van der Waals surface area contributed by atoms with E-state index in [-0.39, 0.29) is 26.7 Å². The van der Waals surface area contributed by atoms with Crippen molar-refractivity contribution in [2.24, 2.45) is 11.8 Å². The topological polar surface area (TPSA) is 87.5 Å². The molecule has 0 fully saturated rings. The van der Waals surface area contributed by atoms with Gasteiger partial charge in [-0.05, 0) is 30.4 Å². The largest absolute Gasteiger partial charge is 0.479 e. The molecular weight excluding hydrogens is 345 g/mol. The molecule has 0 radical (unpaired) electrons. The summed E-state index contributed by atoms with van der Waals surface area (Å²) in [6.45, 7) is 1.89. The van der Waals surface area contributed by atoms with Crippen molar-refractivity contribution < 1.29 is 19.6 Å². The average molecular weight is 365 g/mol. The summed E-state index contributed by atoms with van der Waals surface area (Å²) < 4.78 is 11.0. The van der Waals surface area contributed by atoms with E-state index >= 15 is 0 Å². The van der Waals surface area contributed by atoms with Crippen molar-refractivity contribution in [3.63, 3.8) is 0 Å². The van der Waals surface area contributed by atoms with Gasteiger partial charge >= 0.3 is 5.97 Å². The Bertz CT molecular complexity index is 712. The monoisotopic (exact) mass is 365 g/mol. The standard InChI is InChI=1S/C17H20NO4PS/c1-11(8-15(19)17(20)21)13(9-23-22)10-24-16-7-6-12-4-2-3-5-14(12)18-16/h2-7,11,13,15,19H,8-10H2,1H3,(H,20,21). The van der Waals surface area contributed by atoms with E-state index < -0.39 is 12.1 Å². The van der Waals surface area contributed by atoms with Gasteiger partial charge in [0.25, 0.3) is 0 Å². The van der Waals surface area contributed by atoms with Crippen molar-refractivity contribution in [3.8, 4) is 0 Å². The third-order valence-electron chi connectivity index (χ3n) is 4.01. The van der Waals surface area contributed by atoms with Crippen molar-refractivity contribution in [1.29, 1.82) is 0 Å². The Morgan fingerprint density at radius 2 is 2.04 bits per heavy atom. The van der Waals surface area contributed by atoms with Crippen molar-refractivity contribution in [2.45, 2.75) is 24.5 Å². The van der Waals surface area contributed by atoms with Gasteiger partial charge in [0, 0.05) is 17.3 Å². The highest BCUT2D eigenvalue weighted by molar-refractivity contribution is 7.99. The number of aliphatic carboxylic acids is 1. The summed E-state index contributed by atoms with van der Waals surface area (Å²) in [6, 6.07) is 11.8. The Morgan fingerprint density at radius 3 is 2.75 bits per heavy atom. The maximum Gasteiger partial charge on any atom is 0.332 e. The highest BCUT2D eigenvalue weighted by Gasteiger charge is 2.24. The molecule has 1 aromatic carbocycles. The predicted octanol–water partition coefficient (Wildman–Crippen LogP) is 3.71. The molecule has 0 spiro atoms. The maximum absolute atomic E-state index is 11.0. The highest BCUT2D eigenvalue weighted by Crippen LogP contribution is 2.29. The lowest BCUT2D eigenvalue weighted by atomic mass is 9.92. The van der Waals surface area contributed by atoms with Crippen LogP contribution in [0.25, 0.3) is 10.9 Å². The average Bonchev–Trinajstić information content (AvgIpc) is 2.58. The zero-order chi connectivity index (χ0) is 17.5. The molecule has 0 bridgehead atoms. The summed E-state index contributed by atoms with van der Waals surface area (Å²) in [7, 11) is 0.0298. The Labute approximate surface area is 146 Å². The molecule has 0 aliphatic rings. The van der Waals surface area contributed by atoms with Crippen molar-refractivity contribution in [1.82, 2.24) is 4.98 Å². The van der Waals surface area contributed by atoms with Gasteiger partial charge in [0.2, 0.25) is 0 Å². The van der Waals surface area contributed by atoms with Gasteiger partial charge in [0.15, 0.2) is 14.6 Å². The molecule has 1 heterocycles.